The van der Waals surface area contributed by atoms with Gasteiger partial charge in [0.1, 0.15) is 5.52 Å². The minimum Gasteiger partial charge on any atom is -0.396 e. The van der Waals surface area contributed by atoms with Gasteiger partial charge in [-0.05, 0) is 12.8 Å². The number of hydrogen-bond acceptors (Lipinski definition) is 3. The summed E-state index contributed by atoms with van der Waals surface area (Å²) in [6.45, 7) is 4.07. The first-order valence-corrected chi connectivity index (χ1v) is 6.02. The second kappa shape index (κ2) is 4.41. The summed E-state index contributed by atoms with van der Waals surface area (Å²) < 4.78 is 1.66. The Morgan fingerprint density at radius 1 is 1.53 bits per heavy atom. The van der Waals surface area contributed by atoms with Crippen molar-refractivity contribution in [1.29, 1.82) is 0 Å². The molecule has 5 nitrogen and oxygen atoms in total. The van der Waals surface area contributed by atoms with Crippen molar-refractivity contribution in [2.45, 2.75) is 32.7 Å². The van der Waals surface area contributed by atoms with E-state index >= 15 is 0 Å². The summed E-state index contributed by atoms with van der Waals surface area (Å²) in [6.07, 6.45) is 3.16. The highest BCUT2D eigenvalue weighted by Gasteiger charge is 2.18. The summed E-state index contributed by atoms with van der Waals surface area (Å²) in [6, 6.07) is 0.110. The van der Waals surface area contributed by atoms with Crippen LogP contribution in [-0.4, -0.2) is 14.5 Å². The van der Waals surface area contributed by atoms with E-state index in [9.17, 15) is 4.79 Å². The van der Waals surface area contributed by atoms with Crippen molar-refractivity contribution in [3.8, 4) is 0 Å². The van der Waals surface area contributed by atoms with E-state index in [2.05, 4.69) is 9.97 Å². The number of aromatic nitrogens is 3. The van der Waals surface area contributed by atoms with Gasteiger partial charge in [-0.1, -0.05) is 25.4 Å². The predicted molar refractivity (Wildman–Crippen MR) is 69.4 cm³/mol. The number of hydrogen-bond donors (Lipinski definition) is 2. The van der Waals surface area contributed by atoms with E-state index in [4.69, 9.17) is 17.3 Å². The molecule has 0 saturated carbocycles. The van der Waals surface area contributed by atoms with Crippen molar-refractivity contribution in [2.24, 2.45) is 0 Å². The maximum Gasteiger partial charge on any atom is 0.327 e. The number of nitrogens with two attached hydrogens (primary N) is 1. The van der Waals surface area contributed by atoms with Crippen molar-refractivity contribution in [2.75, 3.05) is 5.73 Å². The van der Waals surface area contributed by atoms with Crippen LogP contribution < -0.4 is 11.4 Å². The fraction of sp³-hybridized carbons (Fsp3) is 0.455. The molecule has 0 aliphatic rings. The van der Waals surface area contributed by atoms with Crippen LogP contribution in [-0.2, 0) is 0 Å². The first-order valence-electron chi connectivity index (χ1n) is 5.64. The topological polar surface area (TPSA) is 76.7 Å². The number of fused-ring (bicyclic) bond motifs is 1. The molecule has 2 aromatic rings. The molecular formula is C11H15ClN4O. The van der Waals surface area contributed by atoms with Gasteiger partial charge < -0.3 is 5.73 Å². The number of nitrogens with one attached hydrogen (secondary N) is 1. The molecule has 2 aromatic heterocycles. The van der Waals surface area contributed by atoms with Gasteiger partial charge in [0, 0.05) is 6.04 Å². The van der Waals surface area contributed by atoms with E-state index in [1.165, 1.54) is 6.20 Å². The number of rotatable bonds is 3. The highest BCUT2D eigenvalue weighted by Crippen LogP contribution is 2.28. The number of imidazole rings is 1. The van der Waals surface area contributed by atoms with Gasteiger partial charge in [0.05, 0.1) is 16.9 Å². The third-order valence-corrected chi connectivity index (χ3v) is 3.34. The third-order valence-electron chi connectivity index (χ3n) is 3.04. The molecule has 0 aliphatic carbocycles. The van der Waals surface area contributed by atoms with Crippen LogP contribution in [0.2, 0.25) is 5.02 Å². The number of halogens is 1. The zero-order valence-corrected chi connectivity index (χ0v) is 10.6. The van der Waals surface area contributed by atoms with Crippen molar-refractivity contribution in [1.82, 2.24) is 14.5 Å². The standard InChI is InChI=1S/C11H15ClN4O/c1-3-6(4-2)16-9-8(13)7(12)5-14-10(9)15-11(16)17/h5-6H,3-4H2,1-2H3,(H3,13,14,15,17). The lowest BCUT2D eigenvalue weighted by Crippen LogP contribution is -2.21. The fourth-order valence-electron chi connectivity index (χ4n) is 2.09. The molecular weight excluding hydrogens is 240 g/mol. The van der Waals surface area contributed by atoms with E-state index in [1.807, 2.05) is 13.8 Å². The number of pyridine rings is 1. The molecule has 0 aliphatic heterocycles. The molecule has 0 unspecified atom stereocenters. The van der Waals surface area contributed by atoms with Crippen LogP contribution in [0.5, 0.6) is 0 Å². The molecule has 0 atom stereocenters. The van der Waals surface area contributed by atoms with Gasteiger partial charge in [-0.2, -0.15) is 0 Å². The molecule has 0 spiro atoms. The van der Waals surface area contributed by atoms with Crippen LogP contribution in [0.1, 0.15) is 32.7 Å². The molecule has 0 fully saturated rings. The van der Waals surface area contributed by atoms with Crippen LogP contribution in [0, 0.1) is 0 Å². The summed E-state index contributed by atoms with van der Waals surface area (Å²) in [4.78, 5) is 18.7. The van der Waals surface area contributed by atoms with Crippen LogP contribution in [0.15, 0.2) is 11.0 Å². The maximum absolute atomic E-state index is 11.9. The number of aromatic amines is 1. The zero-order valence-electron chi connectivity index (χ0n) is 9.83. The Morgan fingerprint density at radius 2 is 2.18 bits per heavy atom. The average molecular weight is 255 g/mol. The van der Waals surface area contributed by atoms with Gasteiger partial charge in [-0.15, -0.1) is 0 Å². The van der Waals surface area contributed by atoms with Crippen LogP contribution in [0.3, 0.4) is 0 Å². The SMILES string of the molecule is CCC(CC)n1c(=O)[nH]c2ncc(Cl)c(N)c21. The fourth-order valence-corrected chi connectivity index (χ4v) is 2.23. The van der Waals surface area contributed by atoms with Crippen molar-refractivity contribution in [3.63, 3.8) is 0 Å². The smallest absolute Gasteiger partial charge is 0.327 e. The average Bonchev–Trinajstić information content (AvgIpc) is 2.64. The summed E-state index contributed by atoms with van der Waals surface area (Å²) in [7, 11) is 0. The number of H-pyrrole nitrogens is 1. The quantitative estimate of drug-likeness (QED) is 0.883. The van der Waals surface area contributed by atoms with Crippen molar-refractivity contribution in [3.05, 3.63) is 21.7 Å². The second-order valence-corrected chi connectivity index (χ2v) is 4.39. The zero-order chi connectivity index (χ0) is 12.6. The minimum absolute atomic E-state index is 0.110. The lowest BCUT2D eigenvalue weighted by atomic mass is 10.1. The molecule has 17 heavy (non-hydrogen) atoms. The van der Waals surface area contributed by atoms with E-state index in [0.717, 1.165) is 12.8 Å². The Morgan fingerprint density at radius 3 is 2.76 bits per heavy atom. The van der Waals surface area contributed by atoms with E-state index < -0.39 is 0 Å². The first kappa shape index (κ1) is 12.0. The normalized spacial score (nSPS) is 11.5. The Bertz CT molecular complexity index is 597. The highest BCUT2D eigenvalue weighted by atomic mass is 35.5. The Kier molecular flexibility index (Phi) is 3.11. The van der Waals surface area contributed by atoms with Crippen LogP contribution in [0.4, 0.5) is 5.69 Å². The van der Waals surface area contributed by atoms with Gasteiger partial charge in [-0.3, -0.25) is 9.55 Å². The monoisotopic (exact) mass is 254 g/mol. The Hall–Kier alpha value is -1.49. The largest absolute Gasteiger partial charge is 0.396 e. The molecule has 0 aromatic carbocycles. The number of anilines is 1. The number of nitrogen functional groups attached to an aromatic ring is 1. The Balaban J connectivity index is 2.82. The van der Waals surface area contributed by atoms with Crippen molar-refractivity contribution >= 4 is 28.5 Å². The maximum atomic E-state index is 11.9. The molecule has 2 heterocycles. The molecule has 0 radical (unpaired) electrons. The van der Waals surface area contributed by atoms with Gasteiger partial charge in [0.15, 0.2) is 5.65 Å². The van der Waals surface area contributed by atoms with Gasteiger partial charge in [0.2, 0.25) is 0 Å². The molecule has 0 amide bonds. The predicted octanol–water partition coefficient (Wildman–Crippen LogP) is 2.32. The van der Waals surface area contributed by atoms with Gasteiger partial charge in [0.25, 0.3) is 0 Å². The van der Waals surface area contributed by atoms with E-state index in [-0.39, 0.29) is 11.7 Å². The third kappa shape index (κ3) is 1.80. The van der Waals surface area contributed by atoms with Crippen molar-refractivity contribution < 1.29 is 0 Å². The molecule has 92 valence electrons. The lowest BCUT2D eigenvalue weighted by molar-refractivity contribution is 0.472. The molecule has 0 saturated heterocycles. The van der Waals surface area contributed by atoms with E-state index in [1.54, 1.807) is 4.57 Å². The van der Waals surface area contributed by atoms with Gasteiger partial charge in [-0.25, -0.2) is 9.78 Å². The highest BCUT2D eigenvalue weighted by molar-refractivity contribution is 6.34. The minimum atomic E-state index is -0.185. The molecule has 6 heteroatoms. The summed E-state index contributed by atoms with van der Waals surface area (Å²) in [5.41, 5.74) is 7.24. The van der Waals surface area contributed by atoms with Gasteiger partial charge >= 0.3 is 5.69 Å². The molecule has 0 bridgehead atoms. The summed E-state index contributed by atoms with van der Waals surface area (Å²) >= 11 is 5.94. The van der Waals surface area contributed by atoms with Crippen LogP contribution >= 0.6 is 11.6 Å². The van der Waals surface area contributed by atoms with E-state index in [0.29, 0.717) is 21.9 Å². The molecule has 3 N–H and O–H groups in total. The molecule has 2 rings (SSSR count). The first-order chi connectivity index (χ1) is 8.10. The Labute approximate surface area is 104 Å². The number of nitrogens with zero attached hydrogens (tertiary/aromatic N) is 2. The summed E-state index contributed by atoms with van der Waals surface area (Å²) in [5.74, 6) is 0. The second-order valence-electron chi connectivity index (χ2n) is 3.99. The lowest BCUT2D eigenvalue weighted by Gasteiger charge is -2.15. The van der Waals surface area contributed by atoms with Crippen LogP contribution in [0.25, 0.3) is 11.2 Å². The summed E-state index contributed by atoms with van der Waals surface area (Å²) in [5, 5.41) is 0.371.